The summed E-state index contributed by atoms with van der Waals surface area (Å²) in [6.07, 6.45) is 2.26. The van der Waals surface area contributed by atoms with Crippen molar-refractivity contribution in [3.63, 3.8) is 0 Å². The predicted octanol–water partition coefficient (Wildman–Crippen LogP) is 2.49. The summed E-state index contributed by atoms with van der Waals surface area (Å²) in [6, 6.07) is 6.84. The van der Waals surface area contributed by atoms with E-state index < -0.39 is 5.97 Å². The van der Waals surface area contributed by atoms with Crippen LogP contribution >= 0.6 is 0 Å². The molecule has 1 saturated heterocycles. The molecule has 1 N–H and O–H groups in total. The van der Waals surface area contributed by atoms with Crippen LogP contribution in [-0.2, 0) is 0 Å². The highest BCUT2D eigenvalue weighted by atomic mass is 16.5. The average molecular weight is 263 g/mol. The summed E-state index contributed by atoms with van der Waals surface area (Å²) in [6.45, 7) is 4.20. The quantitative estimate of drug-likeness (QED) is 0.906. The number of benzene rings is 1. The molecule has 0 amide bonds. The van der Waals surface area contributed by atoms with Gasteiger partial charge in [-0.3, -0.25) is 0 Å². The van der Waals surface area contributed by atoms with Crippen molar-refractivity contribution in [1.29, 1.82) is 0 Å². The van der Waals surface area contributed by atoms with Crippen molar-refractivity contribution in [2.24, 2.45) is 5.92 Å². The Labute approximate surface area is 114 Å². The van der Waals surface area contributed by atoms with Crippen LogP contribution in [0.1, 0.15) is 30.1 Å². The number of carboxylic acids is 1. The molecule has 0 bridgehead atoms. The zero-order valence-electron chi connectivity index (χ0n) is 11.5. The highest BCUT2D eigenvalue weighted by Crippen LogP contribution is 2.26. The molecule has 1 unspecified atom stereocenters. The van der Waals surface area contributed by atoms with E-state index in [9.17, 15) is 4.79 Å². The lowest BCUT2D eigenvalue weighted by Crippen LogP contribution is -2.36. The van der Waals surface area contributed by atoms with E-state index in [0.717, 1.165) is 25.9 Å². The third-order valence-corrected chi connectivity index (χ3v) is 3.86. The number of hydrogen-bond donors (Lipinski definition) is 1. The molecule has 0 saturated carbocycles. The molecule has 1 aromatic rings. The van der Waals surface area contributed by atoms with E-state index in [1.54, 1.807) is 18.2 Å². The Kier molecular flexibility index (Phi) is 4.43. The Morgan fingerprint density at radius 1 is 1.37 bits per heavy atom. The van der Waals surface area contributed by atoms with Crippen molar-refractivity contribution in [1.82, 2.24) is 4.90 Å². The number of para-hydroxylation sites is 1. The summed E-state index contributed by atoms with van der Waals surface area (Å²) in [5.41, 5.74) is 0.238. The zero-order chi connectivity index (χ0) is 13.8. The number of likely N-dealkylation sites (tertiary alicyclic amines) is 1. The van der Waals surface area contributed by atoms with Crippen LogP contribution < -0.4 is 4.74 Å². The number of carbonyl (C=O) groups is 1. The molecule has 0 aromatic heterocycles. The lowest BCUT2D eigenvalue weighted by Gasteiger charge is -2.32. The number of carboxylic acid groups (broad SMARTS) is 1. The molecule has 4 heteroatoms. The molecule has 1 aromatic carbocycles. The fraction of sp³-hybridized carbons (Fsp3) is 0.533. The maximum Gasteiger partial charge on any atom is 0.339 e. The highest BCUT2D eigenvalue weighted by Gasteiger charge is 2.24. The second kappa shape index (κ2) is 6.06. The largest absolute Gasteiger partial charge is 0.490 e. The van der Waals surface area contributed by atoms with Crippen LogP contribution in [0.2, 0.25) is 0 Å². The van der Waals surface area contributed by atoms with E-state index in [1.807, 2.05) is 13.0 Å². The van der Waals surface area contributed by atoms with Gasteiger partial charge in [0.25, 0.3) is 0 Å². The van der Waals surface area contributed by atoms with E-state index in [4.69, 9.17) is 9.84 Å². The van der Waals surface area contributed by atoms with Gasteiger partial charge in [0, 0.05) is 0 Å². The number of ether oxygens (including phenoxy) is 1. The summed E-state index contributed by atoms with van der Waals surface area (Å²) in [5, 5.41) is 9.14. The van der Waals surface area contributed by atoms with E-state index >= 15 is 0 Å². The molecule has 1 aliphatic heterocycles. The minimum Gasteiger partial charge on any atom is -0.490 e. The standard InChI is InChI=1S/C15H21NO3/c1-11(12-7-9-16(2)10-8-12)19-14-6-4-3-5-13(14)15(17)18/h3-6,11-12H,7-10H2,1-2H3,(H,17,18). The lowest BCUT2D eigenvalue weighted by molar-refractivity contribution is 0.0675. The van der Waals surface area contributed by atoms with Crippen molar-refractivity contribution in [2.75, 3.05) is 20.1 Å². The summed E-state index contributed by atoms with van der Waals surface area (Å²) in [5.74, 6) is 0.0330. The Morgan fingerprint density at radius 3 is 2.63 bits per heavy atom. The lowest BCUT2D eigenvalue weighted by atomic mass is 9.92. The summed E-state index contributed by atoms with van der Waals surface area (Å²) < 4.78 is 5.88. The van der Waals surface area contributed by atoms with Gasteiger partial charge in [0.05, 0.1) is 6.10 Å². The molecule has 1 heterocycles. The highest BCUT2D eigenvalue weighted by molar-refractivity contribution is 5.90. The van der Waals surface area contributed by atoms with Gasteiger partial charge in [0.1, 0.15) is 11.3 Å². The van der Waals surface area contributed by atoms with Crippen LogP contribution in [0.5, 0.6) is 5.75 Å². The predicted molar refractivity (Wildman–Crippen MR) is 73.7 cm³/mol. The Hall–Kier alpha value is -1.55. The maximum atomic E-state index is 11.1. The number of rotatable bonds is 4. The van der Waals surface area contributed by atoms with Gasteiger partial charge in [-0.15, -0.1) is 0 Å². The molecule has 19 heavy (non-hydrogen) atoms. The van der Waals surface area contributed by atoms with E-state index in [1.165, 1.54) is 0 Å². The Balaban J connectivity index is 2.02. The molecule has 104 valence electrons. The van der Waals surface area contributed by atoms with Gasteiger partial charge >= 0.3 is 5.97 Å². The Morgan fingerprint density at radius 2 is 2.00 bits per heavy atom. The summed E-state index contributed by atoms with van der Waals surface area (Å²) in [7, 11) is 2.13. The first kappa shape index (κ1) is 13.9. The molecule has 2 rings (SSSR count). The van der Waals surface area contributed by atoms with Crippen molar-refractivity contribution >= 4 is 5.97 Å². The van der Waals surface area contributed by atoms with Crippen LogP contribution in [0.4, 0.5) is 0 Å². The number of aromatic carboxylic acids is 1. The third kappa shape index (κ3) is 3.47. The van der Waals surface area contributed by atoms with Gasteiger partial charge < -0.3 is 14.7 Å². The van der Waals surface area contributed by atoms with Crippen LogP contribution in [0.25, 0.3) is 0 Å². The first-order chi connectivity index (χ1) is 9.08. The normalized spacial score (nSPS) is 19.1. The van der Waals surface area contributed by atoms with Crippen LogP contribution in [-0.4, -0.2) is 42.2 Å². The molecule has 0 radical (unpaired) electrons. The molecule has 0 spiro atoms. The van der Waals surface area contributed by atoms with Gasteiger partial charge in [0.15, 0.2) is 0 Å². The molecule has 1 aliphatic rings. The molecule has 1 fully saturated rings. The van der Waals surface area contributed by atoms with Crippen molar-refractivity contribution in [2.45, 2.75) is 25.9 Å². The van der Waals surface area contributed by atoms with Crippen molar-refractivity contribution in [3.8, 4) is 5.75 Å². The van der Waals surface area contributed by atoms with Crippen molar-refractivity contribution < 1.29 is 14.6 Å². The fourth-order valence-electron chi connectivity index (χ4n) is 2.54. The van der Waals surface area contributed by atoms with Crippen LogP contribution in [0, 0.1) is 5.92 Å². The third-order valence-electron chi connectivity index (χ3n) is 3.86. The number of hydrogen-bond acceptors (Lipinski definition) is 3. The SMILES string of the molecule is CC(Oc1ccccc1C(=O)O)C1CCN(C)CC1. The number of nitrogens with zero attached hydrogens (tertiary/aromatic N) is 1. The van der Waals surface area contributed by atoms with Crippen LogP contribution in [0.15, 0.2) is 24.3 Å². The summed E-state index contributed by atoms with van der Waals surface area (Å²) >= 11 is 0. The fourth-order valence-corrected chi connectivity index (χ4v) is 2.54. The van der Waals surface area contributed by atoms with Gasteiger partial charge in [0.2, 0.25) is 0 Å². The van der Waals surface area contributed by atoms with Gasteiger partial charge in [-0.2, -0.15) is 0 Å². The summed E-state index contributed by atoms with van der Waals surface area (Å²) in [4.78, 5) is 13.4. The van der Waals surface area contributed by atoms with Crippen LogP contribution in [0.3, 0.4) is 0 Å². The smallest absolute Gasteiger partial charge is 0.339 e. The monoisotopic (exact) mass is 263 g/mol. The van der Waals surface area contributed by atoms with Gasteiger partial charge in [-0.1, -0.05) is 12.1 Å². The number of piperidine rings is 1. The second-order valence-electron chi connectivity index (χ2n) is 5.26. The molecular weight excluding hydrogens is 242 g/mol. The Bertz CT molecular complexity index is 439. The first-order valence-electron chi connectivity index (χ1n) is 6.75. The van der Waals surface area contributed by atoms with Gasteiger partial charge in [-0.05, 0) is 58.0 Å². The molecule has 0 aliphatic carbocycles. The minimum absolute atomic E-state index is 0.0502. The van der Waals surface area contributed by atoms with Gasteiger partial charge in [-0.25, -0.2) is 4.79 Å². The van der Waals surface area contributed by atoms with E-state index in [-0.39, 0.29) is 11.7 Å². The van der Waals surface area contributed by atoms with Crippen molar-refractivity contribution in [3.05, 3.63) is 29.8 Å². The second-order valence-corrected chi connectivity index (χ2v) is 5.26. The van der Waals surface area contributed by atoms with E-state index in [0.29, 0.717) is 11.7 Å². The molecule has 1 atom stereocenters. The topological polar surface area (TPSA) is 49.8 Å². The average Bonchev–Trinajstić information content (AvgIpc) is 2.39. The minimum atomic E-state index is -0.939. The zero-order valence-corrected chi connectivity index (χ0v) is 11.5. The first-order valence-corrected chi connectivity index (χ1v) is 6.75. The molecule has 4 nitrogen and oxygen atoms in total. The van der Waals surface area contributed by atoms with E-state index in [2.05, 4.69) is 11.9 Å². The molecular formula is C15H21NO3. The maximum absolute atomic E-state index is 11.1.